The van der Waals surface area contributed by atoms with Gasteiger partial charge in [-0.3, -0.25) is 4.79 Å². The molecule has 0 amide bonds. The Bertz CT molecular complexity index is 550. The molecule has 3 saturated carbocycles. The number of rotatable bonds is 1. The summed E-state index contributed by atoms with van der Waals surface area (Å²) in [6, 6.07) is 0. The molecule has 2 heteroatoms. The zero-order valence-electron chi connectivity index (χ0n) is 15.0. The highest BCUT2D eigenvalue weighted by atomic mass is 16.3. The minimum Gasteiger partial charge on any atom is -0.393 e. The van der Waals surface area contributed by atoms with Gasteiger partial charge >= 0.3 is 0 Å². The van der Waals surface area contributed by atoms with Crippen LogP contribution in [0.1, 0.15) is 72.1 Å². The Hall–Kier alpha value is -0.630. The molecule has 7 atom stereocenters. The molecular formula is C21H32O2. The first-order chi connectivity index (χ1) is 10.9. The molecule has 0 spiro atoms. The summed E-state index contributed by atoms with van der Waals surface area (Å²) in [5.74, 6) is 3.00. The van der Waals surface area contributed by atoms with E-state index in [2.05, 4.69) is 19.9 Å². The van der Waals surface area contributed by atoms with E-state index in [4.69, 9.17) is 0 Å². The molecule has 4 aliphatic carbocycles. The molecule has 128 valence electrons. The van der Waals surface area contributed by atoms with Crippen molar-refractivity contribution in [3.63, 3.8) is 0 Å². The van der Waals surface area contributed by atoms with Crippen molar-refractivity contribution in [2.24, 2.45) is 34.5 Å². The van der Waals surface area contributed by atoms with Gasteiger partial charge in [-0.2, -0.15) is 0 Å². The van der Waals surface area contributed by atoms with Gasteiger partial charge in [0.1, 0.15) is 5.78 Å². The van der Waals surface area contributed by atoms with Crippen molar-refractivity contribution < 1.29 is 9.90 Å². The predicted octanol–water partition coefficient (Wildman–Crippen LogP) is 4.52. The topological polar surface area (TPSA) is 37.3 Å². The van der Waals surface area contributed by atoms with Gasteiger partial charge in [-0.1, -0.05) is 25.5 Å². The maximum atomic E-state index is 12.2. The number of ketones is 1. The highest BCUT2D eigenvalue weighted by Gasteiger charge is 2.59. The summed E-state index contributed by atoms with van der Waals surface area (Å²) < 4.78 is 0. The lowest BCUT2D eigenvalue weighted by atomic mass is 9.47. The van der Waals surface area contributed by atoms with Crippen LogP contribution in [0, 0.1) is 34.5 Å². The summed E-state index contributed by atoms with van der Waals surface area (Å²) in [6.07, 6.45) is 11.5. The van der Waals surface area contributed by atoms with E-state index >= 15 is 0 Å². The van der Waals surface area contributed by atoms with Crippen LogP contribution in [-0.2, 0) is 4.79 Å². The second kappa shape index (κ2) is 5.18. The monoisotopic (exact) mass is 316 g/mol. The second-order valence-corrected chi connectivity index (χ2v) is 9.44. The molecule has 3 fully saturated rings. The lowest BCUT2D eigenvalue weighted by Crippen LogP contribution is -2.50. The van der Waals surface area contributed by atoms with E-state index in [1.54, 1.807) is 5.57 Å². The van der Waals surface area contributed by atoms with Crippen LogP contribution in [0.4, 0.5) is 0 Å². The third kappa shape index (κ3) is 2.13. The fraction of sp³-hybridized carbons (Fsp3) is 0.857. The van der Waals surface area contributed by atoms with Crippen LogP contribution < -0.4 is 0 Å². The Morgan fingerprint density at radius 3 is 2.65 bits per heavy atom. The third-order valence-electron chi connectivity index (χ3n) is 8.57. The minimum absolute atomic E-state index is 0.117. The van der Waals surface area contributed by atoms with Gasteiger partial charge in [-0.25, -0.2) is 0 Å². The Morgan fingerprint density at radius 1 is 1.13 bits per heavy atom. The molecule has 0 aromatic carbocycles. The van der Waals surface area contributed by atoms with Gasteiger partial charge in [0.2, 0.25) is 0 Å². The molecule has 2 nitrogen and oxygen atoms in total. The number of aliphatic hydroxyl groups excluding tert-OH is 1. The van der Waals surface area contributed by atoms with Gasteiger partial charge in [-0.05, 0) is 86.9 Å². The molecule has 0 heterocycles. The molecular weight excluding hydrogens is 284 g/mol. The van der Waals surface area contributed by atoms with E-state index in [9.17, 15) is 9.90 Å². The second-order valence-electron chi connectivity index (χ2n) is 9.44. The largest absolute Gasteiger partial charge is 0.393 e. The molecule has 2 unspecified atom stereocenters. The summed E-state index contributed by atoms with van der Waals surface area (Å²) in [6.45, 7) is 6.70. The van der Waals surface area contributed by atoms with Crippen molar-refractivity contribution in [2.75, 3.05) is 0 Å². The zero-order valence-corrected chi connectivity index (χ0v) is 15.0. The van der Waals surface area contributed by atoms with Gasteiger partial charge in [0.15, 0.2) is 0 Å². The van der Waals surface area contributed by atoms with E-state index in [-0.39, 0.29) is 11.5 Å². The standard InChI is InChI=1S/C21H32O2/c1-13(22)17-6-7-18-16-5-4-14-12-15(23)8-10-20(14,2)19(16)9-11-21(17,18)3/h4,15-19,23H,5-12H2,1-3H3/t15?,16-,17?,18-,19+,20-,21+/m0/s1. The number of fused-ring (bicyclic) bond motifs is 5. The van der Waals surface area contributed by atoms with Crippen LogP contribution in [0.3, 0.4) is 0 Å². The van der Waals surface area contributed by atoms with Crippen molar-refractivity contribution in [3.05, 3.63) is 11.6 Å². The molecule has 0 radical (unpaired) electrons. The van der Waals surface area contributed by atoms with Crippen molar-refractivity contribution >= 4 is 5.78 Å². The Kier molecular flexibility index (Phi) is 3.58. The first-order valence-electron chi connectivity index (χ1n) is 9.74. The number of carbonyl (C=O) groups excluding carboxylic acids is 1. The van der Waals surface area contributed by atoms with Crippen LogP contribution in [0.5, 0.6) is 0 Å². The highest BCUT2D eigenvalue weighted by Crippen LogP contribution is 2.66. The van der Waals surface area contributed by atoms with Gasteiger partial charge in [-0.15, -0.1) is 0 Å². The van der Waals surface area contributed by atoms with Crippen molar-refractivity contribution in [1.82, 2.24) is 0 Å². The van der Waals surface area contributed by atoms with Crippen LogP contribution in [-0.4, -0.2) is 17.0 Å². The number of allylic oxidation sites excluding steroid dienone is 1. The summed E-state index contributed by atoms with van der Waals surface area (Å²) in [5, 5.41) is 10.1. The first-order valence-corrected chi connectivity index (χ1v) is 9.74. The average Bonchev–Trinajstić information content (AvgIpc) is 2.85. The Labute approximate surface area is 140 Å². The van der Waals surface area contributed by atoms with Gasteiger partial charge in [0.25, 0.3) is 0 Å². The maximum absolute atomic E-state index is 12.2. The van der Waals surface area contributed by atoms with Gasteiger partial charge in [0, 0.05) is 5.92 Å². The number of Topliss-reactive ketones (excluding diaryl/α,β-unsaturated/α-hetero) is 1. The van der Waals surface area contributed by atoms with Crippen LogP contribution in [0.25, 0.3) is 0 Å². The summed E-state index contributed by atoms with van der Waals surface area (Å²) >= 11 is 0. The quantitative estimate of drug-likeness (QED) is 0.722. The highest BCUT2D eigenvalue weighted by molar-refractivity contribution is 5.79. The summed E-state index contributed by atoms with van der Waals surface area (Å²) in [7, 11) is 0. The fourth-order valence-electron chi connectivity index (χ4n) is 7.31. The molecule has 0 aromatic heterocycles. The van der Waals surface area contributed by atoms with E-state index in [0.717, 1.165) is 43.4 Å². The predicted molar refractivity (Wildman–Crippen MR) is 91.9 cm³/mol. The summed E-state index contributed by atoms with van der Waals surface area (Å²) in [4.78, 5) is 12.2. The zero-order chi connectivity index (χ0) is 16.4. The molecule has 1 N–H and O–H groups in total. The van der Waals surface area contributed by atoms with Gasteiger partial charge < -0.3 is 5.11 Å². The van der Waals surface area contributed by atoms with Crippen molar-refractivity contribution in [3.8, 4) is 0 Å². The molecule has 0 aliphatic heterocycles. The lowest BCUT2D eigenvalue weighted by Gasteiger charge is -2.57. The molecule has 4 rings (SSSR count). The number of aliphatic hydroxyl groups is 1. The Balaban J connectivity index is 1.66. The maximum Gasteiger partial charge on any atom is 0.133 e. The van der Waals surface area contributed by atoms with Crippen LogP contribution in [0.2, 0.25) is 0 Å². The van der Waals surface area contributed by atoms with Crippen molar-refractivity contribution in [2.45, 2.75) is 78.2 Å². The van der Waals surface area contributed by atoms with Crippen LogP contribution in [0.15, 0.2) is 11.6 Å². The Morgan fingerprint density at radius 2 is 1.91 bits per heavy atom. The van der Waals surface area contributed by atoms with E-state index in [0.29, 0.717) is 17.1 Å². The first kappa shape index (κ1) is 15.9. The smallest absolute Gasteiger partial charge is 0.133 e. The number of carbonyl (C=O) groups is 1. The molecule has 0 bridgehead atoms. The number of hydrogen-bond acceptors (Lipinski definition) is 2. The van der Waals surface area contributed by atoms with E-state index < -0.39 is 0 Å². The average molecular weight is 316 g/mol. The third-order valence-corrected chi connectivity index (χ3v) is 8.57. The molecule has 0 aromatic rings. The molecule has 0 saturated heterocycles. The van der Waals surface area contributed by atoms with Crippen molar-refractivity contribution in [1.29, 1.82) is 0 Å². The SMILES string of the molecule is CC(=O)C1CC[C@H]2[C@@H]3CC=C4CC(O)CC[C@]4(C)[C@@H]3CC[C@]12C. The fourth-order valence-corrected chi connectivity index (χ4v) is 7.31. The number of hydrogen-bond donors (Lipinski definition) is 1. The van der Waals surface area contributed by atoms with Gasteiger partial charge in [0.05, 0.1) is 6.10 Å². The van der Waals surface area contributed by atoms with Crippen LogP contribution >= 0.6 is 0 Å². The van der Waals surface area contributed by atoms with E-state index in [1.165, 1.54) is 25.7 Å². The minimum atomic E-state index is -0.117. The lowest BCUT2D eigenvalue weighted by molar-refractivity contribution is -0.127. The normalized spacial score (nSPS) is 52.2. The molecule has 23 heavy (non-hydrogen) atoms. The summed E-state index contributed by atoms with van der Waals surface area (Å²) in [5.41, 5.74) is 2.11. The van der Waals surface area contributed by atoms with E-state index in [1.807, 2.05) is 6.92 Å². The molecule has 4 aliphatic rings.